The van der Waals surface area contributed by atoms with Crippen molar-refractivity contribution in [3.05, 3.63) is 64.2 Å². The van der Waals surface area contributed by atoms with Gasteiger partial charge in [-0.15, -0.1) is 0 Å². The van der Waals surface area contributed by atoms with Crippen LogP contribution < -0.4 is 5.14 Å². The number of carbonyl (C=O) groups excluding carboxylic acids is 1. The second kappa shape index (κ2) is 7.34. The van der Waals surface area contributed by atoms with Gasteiger partial charge in [-0.2, -0.15) is 0 Å². The zero-order chi connectivity index (χ0) is 17.9. The average molecular weight is 368 g/mol. The van der Waals surface area contributed by atoms with Gasteiger partial charge in [0.05, 0.1) is 10.6 Å². The molecule has 0 bridgehead atoms. The van der Waals surface area contributed by atoms with Crippen molar-refractivity contribution < 1.29 is 17.9 Å². The largest absolute Gasteiger partial charge is 0.457 e. The SMILES string of the molecule is CC(C)c1ccc(COC(=O)c2ccc(Cl)c(S(N)(=O)=O)c2)cc1. The fourth-order valence-corrected chi connectivity index (χ4v) is 3.15. The monoisotopic (exact) mass is 367 g/mol. The van der Waals surface area contributed by atoms with Gasteiger partial charge in [-0.05, 0) is 35.2 Å². The molecule has 0 aromatic heterocycles. The van der Waals surface area contributed by atoms with E-state index in [1.165, 1.54) is 17.7 Å². The maximum absolute atomic E-state index is 12.1. The molecule has 0 heterocycles. The predicted molar refractivity (Wildman–Crippen MR) is 92.5 cm³/mol. The molecule has 2 N–H and O–H groups in total. The number of benzene rings is 2. The zero-order valence-corrected chi connectivity index (χ0v) is 14.9. The topological polar surface area (TPSA) is 86.5 Å². The van der Waals surface area contributed by atoms with E-state index in [9.17, 15) is 13.2 Å². The summed E-state index contributed by atoms with van der Waals surface area (Å²) in [5.41, 5.74) is 2.11. The molecule has 0 radical (unpaired) electrons. The number of rotatable bonds is 5. The lowest BCUT2D eigenvalue weighted by Crippen LogP contribution is -2.14. The Morgan fingerprint density at radius 2 is 1.79 bits per heavy atom. The second-order valence-corrected chi connectivity index (χ2v) is 7.60. The molecule has 0 aliphatic heterocycles. The number of halogens is 1. The number of nitrogens with two attached hydrogens (primary N) is 1. The van der Waals surface area contributed by atoms with Gasteiger partial charge in [0.15, 0.2) is 0 Å². The summed E-state index contributed by atoms with van der Waals surface area (Å²) in [6.45, 7) is 4.28. The molecule has 2 aromatic carbocycles. The average Bonchev–Trinajstić information content (AvgIpc) is 2.52. The summed E-state index contributed by atoms with van der Waals surface area (Å²) in [5.74, 6) is -0.225. The first-order chi connectivity index (χ1) is 11.2. The molecule has 7 heteroatoms. The number of primary sulfonamides is 1. The number of hydrogen-bond acceptors (Lipinski definition) is 4. The molecule has 0 saturated carbocycles. The van der Waals surface area contributed by atoms with Crippen LogP contribution in [0.25, 0.3) is 0 Å². The van der Waals surface area contributed by atoms with E-state index in [1.807, 2.05) is 24.3 Å². The molecular formula is C17H18ClNO4S. The van der Waals surface area contributed by atoms with E-state index in [4.69, 9.17) is 21.5 Å². The van der Waals surface area contributed by atoms with Crippen LogP contribution in [0.4, 0.5) is 0 Å². The van der Waals surface area contributed by atoms with Crippen LogP contribution in [0.2, 0.25) is 5.02 Å². The summed E-state index contributed by atoms with van der Waals surface area (Å²) >= 11 is 5.79. The van der Waals surface area contributed by atoms with Gasteiger partial charge in [0.25, 0.3) is 0 Å². The van der Waals surface area contributed by atoms with E-state index in [2.05, 4.69) is 13.8 Å². The van der Waals surface area contributed by atoms with Gasteiger partial charge in [0.2, 0.25) is 10.0 Å². The molecule has 2 rings (SSSR count). The van der Waals surface area contributed by atoms with Crippen LogP contribution >= 0.6 is 11.6 Å². The van der Waals surface area contributed by atoms with Crippen LogP contribution in [0.5, 0.6) is 0 Å². The Kier molecular flexibility index (Phi) is 5.64. The van der Waals surface area contributed by atoms with Crippen molar-refractivity contribution in [2.45, 2.75) is 31.3 Å². The highest BCUT2D eigenvalue weighted by Gasteiger charge is 2.17. The third-order valence-electron chi connectivity index (χ3n) is 3.49. The third kappa shape index (κ3) is 4.56. The first kappa shape index (κ1) is 18.4. The Balaban J connectivity index is 2.10. The van der Waals surface area contributed by atoms with Crippen LogP contribution in [-0.4, -0.2) is 14.4 Å². The molecule has 0 amide bonds. The van der Waals surface area contributed by atoms with Crippen molar-refractivity contribution in [1.82, 2.24) is 0 Å². The highest BCUT2D eigenvalue weighted by molar-refractivity contribution is 7.89. The van der Waals surface area contributed by atoms with Crippen molar-refractivity contribution in [3.8, 4) is 0 Å². The molecule has 0 spiro atoms. The summed E-state index contributed by atoms with van der Waals surface area (Å²) in [4.78, 5) is 11.8. The lowest BCUT2D eigenvalue weighted by Gasteiger charge is -2.09. The quantitative estimate of drug-likeness (QED) is 0.820. The van der Waals surface area contributed by atoms with E-state index in [-0.39, 0.29) is 22.1 Å². The Hall–Kier alpha value is -1.89. The standard InChI is InChI=1S/C17H18ClNO4S/c1-11(2)13-5-3-12(4-6-13)10-23-17(20)14-7-8-15(18)16(9-14)24(19,21)22/h3-9,11H,10H2,1-2H3,(H2,19,21,22). The molecule has 0 saturated heterocycles. The summed E-state index contributed by atoms with van der Waals surface area (Å²) in [7, 11) is -4.01. The van der Waals surface area contributed by atoms with Gasteiger partial charge >= 0.3 is 5.97 Å². The highest BCUT2D eigenvalue weighted by Crippen LogP contribution is 2.22. The Labute approximate surface area is 146 Å². The number of esters is 1. The van der Waals surface area contributed by atoms with Crippen LogP contribution in [0.3, 0.4) is 0 Å². The van der Waals surface area contributed by atoms with Crippen LogP contribution in [0, 0.1) is 0 Å². The maximum atomic E-state index is 12.1. The van der Waals surface area contributed by atoms with Crippen molar-refractivity contribution in [3.63, 3.8) is 0 Å². The molecule has 0 aliphatic rings. The maximum Gasteiger partial charge on any atom is 0.338 e. The molecule has 0 atom stereocenters. The molecule has 128 valence electrons. The van der Waals surface area contributed by atoms with Gasteiger partial charge in [-0.3, -0.25) is 0 Å². The highest BCUT2D eigenvalue weighted by atomic mass is 35.5. The van der Waals surface area contributed by atoms with Gasteiger partial charge in [0, 0.05) is 0 Å². The summed E-state index contributed by atoms with van der Waals surface area (Å²) < 4.78 is 28.1. The molecule has 2 aromatic rings. The normalized spacial score (nSPS) is 11.5. The lowest BCUT2D eigenvalue weighted by atomic mass is 10.0. The number of carbonyl (C=O) groups is 1. The predicted octanol–water partition coefficient (Wildman–Crippen LogP) is 3.47. The first-order valence-corrected chi connectivity index (χ1v) is 9.19. The smallest absolute Gasteiger partial charge is 0.338 e. The van der Waals surface area contributed by atoms with Crippen molar-refractivity contribution >= 4 is 27.6 Å². The number of sulfonamides is 1. The van der Waals surface area contributed by atoms with E-state index >= 15 is 0 Å². The third-order valence-corrected chi connectivity index (χ3v) is 4.88. The fourth-order valence-electron chi connectivity index (χ4n) is 2.08. The Morgan fingerprint density at radius 1 is 1.17 bits per heavy atom. The minimum Gasteiger partial charge on any atom is -0.457 e. The van der Waals surface area contributed by atoms with Crippen molar-refractivity contribution in [1.29, 1.82) is 0 Å². The Bertz CT molecular complexity index is 845. The van der Waals surface area contributed by atoms with Crippen LogP contribution in [-0.2, 0) is 21.4 Å². The van der Waals surface area contributed by atoms with Crippen molar-refractivity contribution in [2.24, 2.45) is 5.14 Å². The number of ether oxygens (including phenoxy) is 1. The van der Waals surface area contributed by atoms with E-state index in [0.717, 1.165) is 11.6 Å². The summed E-state index contributed by atoms with van der Waals surface area (Å²) in [6, 6.07) is 11.5. The number of hydrogen-bond donors (Lipinski definition) is 1. The summed E-state index contributed by atoms with van der Waals surface area (Å²) in [6.07, 6.45) is 0. The van der Waals surface area contributed by atoms with Gasteiger partial charge in [-0.1, -0.05) is 49.7 Å². The zero-order valence-electron chi connectivity index (χ0n) is 13.3. The van der Waals surface area contributed by atoms with Crippen LogP contribution in [0.15, 0.2) is 47.4 Å². The lowest BCUT2D eigenvalue weighted by molar-refractivity contribution is 0.0472. The van der Waals surface area contributed by atoms with Gasteiger partial charge in [-0.25, -0.2) is 18.4 Å². The van der Waals surface area contributed by atoms with E-state index in [0.29, 0.717) is 5.92 Å². The van der Waals surface area contributed by atoms with E-state index < -0.39 is 16.0 Å². The molecule has 24 heavy (non-hydrogen) atoms. The minimum absolute atomic E-state index is 0.0432. The molecule has 0 fully saturated rings. The molecule has 0 aliphatic carbocycles. The minimum atomic E-state index is -4.01. The van der Waals surface area contributed by atoms with Crippen molar-refractivity contribution in [2.75, 3.05) is 0 Å². The Morgan fingerprint density at radius 3 is 2.33 bits per heavy atom. The fraction of sp³-hybridized carbons (Fsp3) is 0.235. The molecular weight excluding hydrogens is 350 g/mol. The van der Waals surface area contributed by atoms with Crippen LogP contribution in [0.1, 0.15) is 41.3 Å². The van der Waals surface area contributed by atoms with Gasteiger partial charge in [0.1, 0.15) is 11.5 Å². The summed E-state index contributed by atoms with van der Waals surface area (Å²) in [5, 5.41) is 5.02. The first-order valence-electron chi connectivity index (χ1n) is 7.27. The van der Waals surface area contributed by atoms with E-state index in [1.54, 1.807) is 0 Å². The second-order valence-electron chi connectivity index (χ2n) is 5.66. The molecule has 5 nitrogen and oxygen atoms in total. The van der Waals surface area contributed by atoms with Gasteiger partial charge < -0.3 is 4.74 Å². The molecule has 0 unspecified atom stereocenters.